The third-order valence-electron chi connectivity index (χ3n) is 4.49. The highest BCUT2D eigenvalue weighted by Crippen LogP contribution is 2.31. The number of rotatable bonds is 3. The number of pyridine rings is 1. The second-order valence-electron chi connectivity index (χ2n) is 6.24. The Morgan fingerprint density at radius 1 is 1.35 bits per heavy atom. The highest BCUT2D eigenvalue weighted by atomic mass is 16.5. The van der Waals surface area contributed by atoms with Crippen LogP contribution in [-0.4, -0.2) is 29.2 Å². The molecular formula is C18H22N2O3. The molecular weight excluding hydrogens is 292 g/mol. The van der Waals surface area contributed by atoms with Gasteiger partial charge in [0, 0.05) is 28.9 Å². The van der Waals surface area contributed by atoms with E-state index in [2.05, 4.69) is 10.3 Å². The van der Waals surface area contributed by atoms with Crippen LogP contribution in [0.1, 0.15) is 31.4 Å². The van der Waals surface area contributed by atoms with Crippen molar-refractivity contribution in [2.24, 2.45) is 5.92 Å². The number of esters is 1. The maximum Gasteiger partial charge on any atom is 0.308 e. The maximum absolute atomic E-state index is 11.8. The summed E-state index contributed by atoms with van der Waals surface area (Å²) >= 11 is 0. The smallest absolute Gasteiger partial charge is 0.308 e. The van der Waals surface area contributed by atoms with Crippen molar-refractivity contribution in [2.45, 2.75) is 38.6 Å². The van der Waals surface area contributed by atoms with Crippen LogP contribution in [0.5, 0.6) is 5.75 Å². The number of aryl methyl sites for hydroxylation is 1. The zero-order valence-electron chi connectivity index (χ0n) is 13.5. The molecule has 1 saturated carbocycles. The third kappa shape index (κ3) is 3.38. The van der Waals surface area contributed by atoms with Gasteiger partial charge >= 0.3 is 5.97 Å². The minimum Gasteiger partial charge on any atom is -0.508 e. The predicted molar refractivity (Wildman–Crippen MR) is 89.5 cm³/mol. The van der Waals surface area contributed by atoms with Crippen molar-refractivity contribution in [3.63, 3.8) is 0 Å². The molecule has 1 heterocycles. The van der Waals surface area contributed by atoms with Gasteiger partial charge in [0.25, 0.3) is 0 Å². The van der Waals surface area contributed by atoms with E-state index in [-0.39, 0.29) is 23.7 Å². The Balaban J connectivity index is 1.85. The van der Waals surface area contributed by atoms with Gasteiger partial charge in [0.1, 0.15) is 5.75 Å². The Kier molecular flexibility index (Phi) is 4.37. The number of aromatic nitrogens is 1. The lowest BCUT2D eigenvalue weighted by Crippen LogP contribution is -2.31. The van der Waals surface area contributed by atoms with Crippen LogP contribution >= 0.6 is 0 Å². The summed E-state index contributed by atoms with van der Waals surface area (Å²) in [7, 11) is 1.45. The van der Waals surface area contributed by atoms with Crippen molar-refractivity contribution < 1.29 is 14.6 Å². The van der Waals surface area contributed by atoms with Crippen LogP contribution in [0.2, 0.25) is 0 Å². The fourth-order valence-electron chi connectivity index (χ4n) is 3.39. The van der Waals surface area contributed by atoms with E-state index in [1.807, 2.05) is 19.1 Å². The van der Waals surface area contributed by atoms with Crippen LogP contribution in [-0.2, 0) is 9.53 Å². The fraction of sp³-hybridized carbons (Fsp3) is 0.444. The summed E-state index contributed by atoms with van der Waals surface area (Å²) in [5, 5.41) is 14.2. The molecule has 1 aromatic heterocycles. The maximum atomic E-state index is 11.8. The second-order valence-corrected chi connectivity index (χ2v) is 6.24. The number of ether oxygens (including phenoxy) is 1. The monoisotopic (exact) mass is 314 g/mol. The Morgan fingerprint density at radius 2 is 2.17 bits per heavy atom. The zero-order valence-corrected chi connectivity index (χ0v) is 13.5. The number of phenols is 1. The number of nitrogens with zero attached hydrogens (tertiary/aromatic N) is 1. The van der Waals surface area contributed by atoms with Gasteiger partial charge in [0.15, 0.2) is 0 Å². The molecule has 2 unspecified atom stereocenters. The van der Waals surface area contributed by atoms with Crippen molar-refractivity contribution in [2.75, 3.05) is 12.4 Å². The molecule has 2 atom stereocenters. The number of phenolic OH excluding ortho intramolecular Hbond substituents is 1. The van der Waals surface area contributed by atoms with Crippen molar-refractivity contribution in [3.05, 3.63) is 30.0 Å². The summed E-state index contributed by atoms with van der Waals surface area (Å²) in [5.41, 5.74) is 2.67. The number of nitrogens with one attached hydrogen (secondary N) is 1. The van der Waals surface area contributed by atoms with E-state index in [1.54, 1.807) is 12.1 Å². The molecule has 122 valence electrons. The Labute approximate surface area is 135 Å². The van der Waals surface area contributed by atoms with Gasteiger partial charge in [-0.15, -0.1) is 0 Å². The zero-order chi connectivity index (χ0) is 16.4. The number of anilines is 1. The van der Waals surface area contributed by atoms with Gasteiger partial charge < -0.3 is 15.2 Å². The van der Waals surface area contributed by atoms with Gasteiger partial charge in [0.2, 0.25) is 0 Å². The molecule has 0 saturated heterocycles. The van der Waals surface area contributed by atoms with Gasteiger partial charge in [-0.3, -0.25) is 9.78 Å². The first-order chi connectivity index (χ1) is 11.1. The largest absolute Gasteiger partial charge is 0.508 e. The van der Waals surface area contributed by atoms with Crippen LogP contribution < -0.4 is 5.32 Å². The van der Waals surface area contributed by atoms with Gasteiger partial charge in [-0.25, -0.2) is 0 Å². The Morgan fingerprint density at radius 3 is 2.96 bits per heavy atom. The molecule has 23 heavy (non-hydrogen) atoms. The second kappa shape index (κ2) is 6.44. The number of fused-ring (bicyclic) bond motifs is 1. The van der Waals surface area contributed by atoms with E-state index in [4.69, 9.17) is 4.74 Å². The Hall–Kier alpha value is -2.30. The molecule has 1 aromatic carbocycles. The van der Waals surface area contributed by atoms with Crippen molar-refractivity contribution in [3.8, 4) is 5.75 Å². The van der Waals surface area contributed by atoms with Crippen molar-refractivity contribution >= 4 is 22.6 Å². The first-order valence-corrected chi connectivity index (χ1v) is 8.01. The normalized spacial score (nSPS) is 21.1. The van der Waals surface area contributed by atoms with Gasteiger partial charge in [-0.05, 0) is 44.4 Å². The van der Waals surface area contributed by atoms with Crippen LogP contribution in [0.3, 0.4) is 0 Å². The van der Waals surface area contributed by atoms with Gasteiger partial charge in [-0.1, -0.05) is 6.42 Å². The molecule has 0 spiro atoms. The topological polar surface area (TPSA) is 71.5 Å². The highest BCUT2D eigenvalue weighted by Gasteiger charge is 2.28. The SMILES string of the molecule is COC(=O)C1CCCC(Nc2cc(C)nc3cc(O)ccc23)C1. The van der Waals surface area contributed by atoms with E-state index < -0.39 is 0 Å². The minimum absolute atomic E-state index is 0.0236. The van der Waals surface area contributed by atoms with Crippen molar-refractivity contribution in [1.29, 1.82) is 0 Å². The lowest BCUT2D eigenvalue weighted by Gasteiger charge is -2.29. The molecule has 0 bridgehead atoms. The lowest BCUT2D eigenvalue weighted by atomic mass is 9.85. The molecule has 5 heteroatoms. The number of methoxy groups -OCH3 is 1. The van der Waals surface area contributed by atoms with Crippen molar-refractivity contribution in [1.82, 2.24) is 4.98 Å². The standard InChI is InChI=1S/C18H22N2O3/c1-11-8-16(15-7-6-14(21)10-17(15)19-11)20-13-5-3-4-12(9-13)18(22)23-2/h6-8,10,12-13,21H,3-5,9H2,1-2H3,(H,19,20). The lowest BCUT2D eigenvalue weighted by molar-refractivity contribution is -0.146. The third-order valence-corrected chi connectivity index (χ3v) is 4.49. The van der Waals surface area contributed by atoms with Crippen LogP contribution in [0, 0.1) is 12.8 Å². The van der Waals surface area contributed by atoms with E-state index in [0.29, 0.717) is 0 Å². The van der Waals surface area contributed by atoms with E-state index in [0.717, 1.165) is 48.0 Å². The molecule has 3 rings (SSSR count). The summed E-state index contributed by atoms with van der Waals surface area (Å²) in [6, 6.07) is 7.47. The summed E-state index contributed by atoms with van der Waals surface area (Å²) in [6.45, 7) is 1.94. The molecule has 1 aliphatic carbocycles. The summed E-state index contributed by atoms with van der Waals surface area (Å²) in [4.78, 5) is 16.3. The van der Waals surface area contributed by atoms with Crippen LogP contribution in [0.25, 0.3) is 10.9 Å². The molecule has 1 fully saturated rings. The fourth-order valence-corrected chi connectivity index (χ4v) is 3.39. The molecule has 0 amide bonds. The molecule has 0 radical (unpaired) electrons. The predicted octanol–water partition coefficient (Wildman–Crippen LogP) is 3.39. The molecule has 2 aromatic rings. The number of benzene rings is 1. The minimum atomic E-state index is -0.114. The van der Waals surface area contributed by atoms with Gasteiger partial charge in [0.05, 0.1) is 18.5 Å². The molecule has 5 nitrogen and oxygen atoms in total. The number of hydrogen-bond acceptors (Lipinski definition) is 5. The summed E-state index contributed by atoms with van der Waals surface area (Å²) < 4.78 is 4.89. The van der Waals surface area contributed by atoms with Crippen LogP contribution in [0.4, 0.5) is 5.69 Å². The van der Waals surface area contributed by atoms with E-state index >= 15 is 0 Å². The summed E-state index contributed by atoms with van der Waals surface area (Å²) in [6.07, 6.45) is 3.73. The first kappa shape index (κ1) is 15.6. The molecule has 0 aliphatic heterocycles. The summed E-state index contributed by atoms with van der Waals surface area (Å²) in [5.74, 6) is 0.0756. The molecule has 2 N–H and O–H groups in total. The number of carbonyl (C=O) groups is 1. The average Bonchev–Trinajstić information content (AvgIpc) is 2.53. The van der Waals surface area contributed by atoms with E-state index in [1.165, 1.54) is 7.11 Å². The Bertz CT molecular complexity index is 724. The molecule has 1 aliphatic rings. The average molecular weight is 314 g/mol. The number of hydrogen-bond donors (Lipinski definition) is 2. The quantitative estimate of drug-likeness (QED) is 0.850. The number of aromatic hydroxyl groups is 1. The first-order valence-electron chi connectivity index (χ1n) is 8.01. The van der Waals surface area contributed by atoms with Crippen LogP contribution in [0.15, 0.2) is 24.3 Å². The van der Waals surface area contributed by atoms with E-state index in [9.17, 15) is 9.90 Å². The highest BCUT2D eigenvalue weighted by molar-refractivity contribution is 5.92. The number of carbonyl (C=O) groups excluding carboxylic acids is 1. The van der Waals surface area contributed by atoms with Gasteiger partial charge in [-0.2, -0.15) is 0 Å².